The summed E-state index contributed by atoms with van der Waals surface area (Å²) in [7, 11) is 0. The molecule has 0 amide bonds. The van der Waals surface area contributed by atoms with Gasteiger partial charge in [-0.25, -0.2) is 0 Å². The van der Waals surface area contributed by atoms with E-state index in [1.54, 1.807) is 18.2 Å². The van der Waals surface area contributed by atoms with Gasteiger partial charge in [-0.15, -0.1) is 0 Å². The van der Waals surface area contributed by atoms with Crippen molar-refractivity contribution in [2.75, 3.05) is 6.61 Å². The summed E-state index contributed by atoms with van der Waals surface area (Å²) in [4.78, 5) is 11.2. The van der Waals surface area contributed by atoms with Crippen molar-refractivity contribution in [2.45, 2.75) is 5.92 Å². The molecule has 0 N–H and O–H groups in total. The highest BCUT2D eigenvalue weighted by molar-refractivity contribution is 5.91. The van der Waals surface area contributed by atoms with Gasteiger partial charge in [-0.3, -0.25) is 4.79 Å². The third-order valence-electron chi connectivity index (χ3n) is 2.05. The van der Waals surface area contributed by atoms with E-state index < -0.39 is 5.92 Å². The first-order chi connectivity index (χ1) is 6.33. The SMILES string of the molecule is N#CC1C(=O)COc2ccccc21. The molecule has 2 rings (SSSR count). The predicted molar refractivity (Wildman–Crippen MR) is 45.3 cm³/mol. The van der Waals surface area contributed by atoms with Crippen molar-refractivity contribution in [1.82, 2.24) is 0 Å². The number of nitriles is 1. The van der Waals surface area contributed by atoms with E-state index in [1.807, 2.05) is 12.1 Å². The van der Waals surface area contributed by atoms with Gasteiger partial charge in [0, 0.05) is 5.56 Å². The van der Waals surface area contributed by atoms with Crippen LogP contribution in [0.4, 0.5) is 0 Å². The summed E-state index contributed by atoms with van der Waals surface area (Å²) in [6, 6.07) is 9.12. The lowest BCUT2D eigenvalue weighted by molar-refractivity contribution is -0.122. The van der Waals surface area contributed by atoms with Crippen LogP contribution in [0.1, 0.15) is 11.5 Å². The summed E-state index contributed by atoms with van der Waals surface area (Å²) in [5.41, 5.74) is 0.682. The smallest absolute Gasteiger partial charge is 0.191 e. The number of para-hydroxylation sites is 1. The average molecular weight is 173 g/mol. The Kier molecular flexibility index (Phi) is 1.75. The van der Waals surface area contributed by atoms with Gasteiger partial charge in [0.05, 0.1) is 6.07 Å². The van der Waals surface area contributed by atoms with Gasteiger partial charge in [0.25, 0.3) is 0 Å². The standard InChI is InChI=1S/C10H7NO2/c11-5-8-7-3-1-2-4-10(7)13-6-9(8)12/h1-4,8H,6H2. The van der Waals surface area contributed by atoms with Crippen molar-refractivity contribution >= 4 is 5.78 Å². The van der Waals surface area contributed by atoms with Crippen molar-refractivity contribution in [1.29, 1.82) is 5.26 Å². The molecule has 0 aliphatic carbocycles. The fourth-order valence-corrected chi connectivity index (χ4v) is 1.40. The molecule has 1 aromatic rings. The molecule has 0 bridgehead atoms. The van der Waals surface area contributed by atoms with Crippen LogP contribution in [0.2, 0.25) is 0 Å². The molecule has 1 heterocycles. The number of carbonyl (C=O) groups is 1. The van der Waals surface area contributed by atoms with Crippen LogP contribution in [0, 0.1) is 11.3 Å². The Balaban J connectivity index is 2.53. The quantitative estimate of drug-likeness (QED) is 0.593. The second-order valence-corrected chi connectivity index (χ2v) is 2.85. The number of hydrogen-bond donors (Lipinski definition) is 0. The molecule has 1 aromatic carbocycles. The van der Waals surface area contributed by atoms with Crippen LogP contribution in [0.15, 0.2) is 24.3 Å². The highest BCUT2D eigenvalue weighted by Gasteiger charge is 2.28. The van der Waals surface area contributed by atoms with Crippen molar-refractivity contribution in [3.05, 3.63) is 29.8 Å². The van der Waals surface area contributed by atoms with Crippen LogP contribution in [-0.2, 0) is 4.79 Å². The molecule has 0 fully saturated rings. The van der Waals surface area contributed by atoms with Crippen LogP contribution in [0.3, 0.4) is 0 Å². The number of fused-ring (bicyclic) bond motifs is 1. The minimum Gasteiger partial charge on any atom is -0.485 e. The second kappa shape index (κ2) is 2.91. The molecule has 0 spiro atoms. The Morgan fingerprint density at radius 1 is 1.46 bits per heavy atom. The number of carbonyl (C=O) groups excluding carboxylic acids is 1. The lowest BCUT2D eigenvalue weighted by Crippen LogP contribution is -2.24. The van der Waals surface area contributed by atoms with Gasteiger partial charge in [-0.2, -0.15) is 5.26 Å². The molecule has 1 atom stereocenters. The topological polar surface area (TPSA) is 50.1 Å². The zero-order valence-electron chi connectivity index (χ0n) is 6.86. The van der Waals surface area contributed by atoms with Crippen molar-refractivity contribution in [2.24, 2.45) is 0 Å². The minimum absolute atomic E-state index is 0.00917. The van der Waals surface area contributed by atoms with Gasteiger partial charge in [0.15, 0.2) is 5.78 Å². The minimum atomic E-state index is -0.648. The summed E-state index contributed by atoms with van der Waals surface area (Å²) in [6.45, 7) is 0.00917. The van der Waals surface area contributed by atoms with E-state index in [0.717, 1.165) is 0 Å². The third kappa shape index (κ3) is 1.17. The Hall–Kier alpha value is -1.82. The first kappa shape index (κ1) is 7.81. The number of ketones is 1. The molecule has 64 valence electrons. The number of rotatable bonds is 0. The summed E-state index contributed by atoms with van der Waals surface area (Å²) in [5.74, 6) is -0.167. The molecule has 3 heteroatoms. The van der Waals surface area contributed by atoms with Gasteiger partial charge in [-0.1, -0.05) is 18.2 Å². The maximum atomic E-state index is 11.2. The van der Waals surface area contributed by atoms with Gasteiger partial charge < -0.3 is 4.74 Å². The van der Waals surface area contributed by atoms with E-state index >= 15 is 0 Å². The number of benzene rings is 1. The van der Waals surface area contributed by atoms with Crippen LogP contribution >= 0.6 is 0 Å². The fourth-order valence-electron chi connectivity index (χ4n) is 1.40. The molecule has 13 heavy (non-hydrogen) atoms. The molecule has 1 aliphatic heterocycles. The monoisotopic (exact) mass is 173 g/mol. The van der Waals surface area contributed by atoms with Gasteiger partial charge in [0.2, 0.25) is 0 Å². The Morgan fingerprint density at radius 3 is 3.00 bits per heavy atom. The van der Waals surface area contributed by atoms with E-state index in [-0.39, 0.29) is 12.4 Å². The molecule has 0 radical (unpaired) electrons. The first-order valence-electron chi connectivity index (χ1n) is 3.97. The number of hydrogen-bond acceptors (Lipinski definition) is 3. The Morgan fingerprint density at radius 2 is 2.23 bits per heavy atom. The van der Waals surface area contributed by atoms with Crippen molar-refractivity contribution in [3.63, 3.8) is 0 Å². The zero-order chi connectivity index (χ0) is 9.26. The number of Topliss-reactive ketones (excluding diaryl/α,β-unsaturated/α-hetero) is 1. The lowest BCUT2D eigenvalue weighted by atomic mass is 9.94. The predicted octanol–water partition coefficient (Wildman–Crippen LogP) is 1.26. The van der Waals surface area contributed by atoms with Crippen molar-refractivity contribution < 1.29 is 9.53 Å². The highest BCUT2D eigenvalue weighted by atomic mass is 16.5. The molecule has 0 saturated heterocycles. The Bertz CT molecular complexity index is 392. The van der Waals surface area contributed by atoms with Crippen molar-refractivity contribution in [3.8, 4) is 11.8 Å². The summed E-state index contributed by atoms with van der Waals surface area (Å²) in [5, 5.41) is 8.78. The normalized spacial score (nSPS) is 19.9. The van der Waals surface area contributed by atoms with Gasteiger partial charge >= 0.3 is 0 Å². The van der Waals surface area contributed by atoms with Gasteiger partial charge in [0.1, 0.15) is 18.3 Å². The number of ether oxygens (including phenoxy) is 1. The average Bonchev–Trinajstić information content (AvgIpc) is 2.18. The molecular formula is C10H7NO2. The molecule has 1 aliphatic rings. The molecule has 0 aromatic heterocycles. The van der Waals surface area contributed by atoms with E-state index in [0.29, 0.717) is 11.3 Å². The largest absolute Gasteiger partial charge is 0.485 e. The van der Waals surface area contributed by atoms with Gasteiger partial charge in [-0.05, 0) is 6.07 Å². The van der Waals surface area contributed by atoms with Crippen LogP contribution in [0.5, 0.6) is 5.75 Å². The highest BCUT2D eigenvalue weighted by Crippen LogP contribution is 2.30. The zero-order valence-corrected chi connectivity index (χ0v) is 6.86. The molecule has 1 unspecified atom stereocenters. The summed E-state index contributed by atoms with van der Waals surface area (Å²) < 4.78 is 5.17. The van der Waals surface area contributed by atoms with Crippen LogP contribution in [-0.4, -0.2) is 12.4 Å². The van der Waals surface area contributed by atoms with Crippen LogP contribution < -0.4 is 4.74 Å². The van der Waals surface area contributed by atoms with E-state index in [2.05, 4.69) is 0 Å². The molecule has 0 saturated carbocycles. The molecule has 3 nitrogen and oxygen atoms in total. The number of nitrogens with zero attached hydrogens (tertiary/aromatic N) is 1. The first-order valence-corrected chi connectivity index (χ1v) is 3.97. The maximum absolute atomic E-state index is 11.2. The summed E-state index contributed by atoms with van der Waals surface area (Å²) >= 11 is 0. The summed E-state index contributed by atoms with van der Waals surface area (Å²) in [6.07, 6.45) is 0. The fraction of sp³-hybridized carbons (Fsp3) is 0.200. The maximum Gasteiger partial charge on any atom is 0.191 e. The molecular weight excluding hydrogens is 166 g/mol. The van der Waals surface area contributed by atoms with E-state index in [9.17, 15) is 4.79 Å². The lowest BCUT2D eigenvalue weighted by Gasteiger charge is -2.19. The van der Waals surface area contributed by atoms with E-state index in [4.69, 9.17) is 10.00 Å². The third-order valence-corrected chi connectivity index (χ3v) is 2.05. The van der Waals surface area contributed by atoms with E-state index in [1.165, 1.54) is 0 Å². The second-order valence-electron chi connectivity index (χ2n) is 2.85. The van der Waals surface area contributed by atoms with Crippen LogP contribution in [0.25, 0.3) is 0 Å². The Labute approximate surface area is 75.6 Å².